The van der Waals surface area contributed by atoms with Gasteiger partial charge in [0.15, 0.2) is 0 Å². The lowest BCUT2D eigenvalue weighted by Gasteiger charge is -2.50. The van der Waals surface area contributed by atoms with Crippen molar-refractivity contribution in [2.45, 2.75) is 72.3 Å². The van der Waals surface area contributed by atoms with Crippen LogP contribution >= 0.6 is 0 Å². The number of hydrogen-bond acceptors (Lipinski definition) is 2. The van der Waals surface area contributed by atoms with Gasteiger partial charge in [-0.05, 0) is 58.0 Å². The van der Waals surface area contributed by atoms with Crippen LogP contribution in [0.25, 0.3) is 0 Å². The molecule has 0 unspecified atom stereocenters. The Bertz CT molecular complexity index is 981. The highest BCUT2D eigenvalue weighted by molar-refractivity contribution is 6.99. The maximum absolute atomic E-state index is 12.9. The van der Waals surface area contributed by atoms with Crippen molar-refractivity contribution < 1.29 is 9.22 Å². The number of allylic oxidation sites excluding steroid dienone is 1. The Balaban J connectivity index is 1.78. The van der Waals surface area contributed by atoms with Crippen molar-refractivity contribution in [3.8, 4) is 0 Å². The molecule has 0 amide bonds. The minimum atomic E-state index is -2.61. The summed E-state index contributed by atoms with van der Waals surface area (Å²) in [6.07, 6.45) is 7.38. The number of benzene rings is 2. The first kappa shape index (κ1) is 25.1. The number of Topliss-reactive ketones (excluding diaryl/α,β-unsaturated/α-hetero) is 1. The van der Waals surface area contributed by atoms with Crippen molar-refractivity contribution in [1.82, 2.24) is 0 Å². The highest BCUT2D eigenvalue weighted by Crippen LogP contribution is 2.53. The second-order valence-electron chi connectivity index (χ2n) is 12.0. The SMILES string of the molecule is CC(=O)[C@H]1[C@H](C)C(CO[Si](c2ccccc2)(c2ccccc2)C(C)(C)C)=C[C@]2(C)CCCC[C@H]12. The molecule has 1 fully saturated rings. The van der Waals surface area contributed by atoms with Crippen LogP contribution in [0, 0.1) is 23.2 Å². The van der Waals surface area contributed by atoms with E-state index in [1.165, 1.54) is 41.6 Å². The number of ketones is 1. The van der Waals surface area contributed by atoms with Crippen LogP contribution in [0.1, 0.15) is 67.2 Å². The predicted molar refractivity (Wildman–Crippen MR) is 145 cm³/mol. The number of rotatable bonds is 6. The van der Waals surface area contributed by atoms with Gasteiger partial charge in [-0.1, -0.05) is 114 Å². The smallest absolute Gasteiger partial charge is 0.261 e. The standard InChI is InChI=1S/C31H42O2Si/c1-23-25(21-31(6)20-14-13-19-28(31)29(23)24(2)32)22-33-34(30(3,4)5,26-15-9-7-10-16-26)27-17-11-8-12-18-27/h7-12,15-18,21,23,28-29H,13-14,19-20,22H2,1-6H3/t23-,28-,29-,31+/m1/s1. The molecule has 0 N–H and O–H groups in total. The fourth-order valence-corrected chi connectivity index (χ4v) is 11.6. The summed E-state index contributed by atoms with van der Waals surface area (Å²) in [5.41, 5.74) is 1.43. The van der Waals surface area contributed by atoms with Gasteiger partial charge in [0, 0.05) is 5.92 Å². The zero-order chi connectivity index (χ0) is 24.6. The van der Waals surface area contributed by atoms with E-state index in [9.17, 15) is 4.79 Å². The molecule has 0 aliphatic heterocycles. The van der Waals surface area contributed by atoms with E-state index in [2.05, 4.69) is 101 Å². The summed E-state index contributed by atoms with van der Waals surface area (Å²) in [5, 5.41) is 2.57. The summed E-state index contributed by atoms with van der Waals surface area (Å²) in [6, 6.07) is 21.7. The highest BCUT2D eigenvalue weighted by Gasteiger charge is 2.52. The average molecular weight is 475 g/mol. The topological polar surface area (TPSA) is 26.3 Å². The molecule has 0 aromatic heterocycles. The molecule has 2 aliphatic rings. The first-order valence-electron chi connectivity index (χ1n) is 13.1. The van der Waals surface area contributed by atoms with E-state index in [0.29, 0.717) is 18.3 Å². The lowest BCUT2D eigenvalue weighted by molar-refractivity contribution is -0.126. The fourth-order valence-electron chi connectivity index (χ4n) is 7.05. The minimum Gasteiger partial charge on any atom is -0.403 e. The van der Waals surface area contributed by atoms with Crippen LogP contribution in [-0.2, 0) is 9.22 Å². The molecule has 4 atom stereocenters. The monoisotopic (exact) mass is 474 g/mol. The van der Waals surface area contributed by atoms with E-state index >= 15 is 0 Å². The zero-order valence-corrected chi connectivity index (χ0v) is 22.9. The van der Waals surface area contributed by atoms with Crippen LogP contribution in [-0.4, -0.2) is 20.7 Å². The summed E-state index contributed by atoms with van der Waals surface area (Å²) in [5.74, 6) is 1.15. The largest absolute Gasteiger partial charge is 0.403 e. The van der Waals surface area contributed by atoms with Gasteiger partial charge in [-0.2, -0.15) is 0 Å². The van der Waals surface area contributed by atoms with Crippen LogP contribution in [0.15, 0.2) is 72.3 Å². The summed E-state index contributed by atoms with van der Waals surface area (Å²) < 4.78 is 7.29. The third-order valence-corrected chi connectivity index (χ3v) is 13.7. The van der Waals surface area contributed by atoms with Crippen LogP contribution in [0.3, 0.4) is 0 Å². The minimum absolute atomic E-state index is 0.0502. The van der Waals surface area contributed by atoms with E-state index in [1.807, 2.05) is 6.92 Å². The normalized spacial score (nSPS) is 27.6. The van der Waals surface area contributed by atoms with Gasteiger partial charge in [0.2, 0.25) is 0 Å². The molecule has 2 aromatic rings. The Hall–Kier alpha value is -1.97. The first-order chi connectivity index (χ1) is 16.1. The maximum atomic E-state index is 12.9. The Kier molecular flexibility index (Phi) is 7.08. The lowest BCUT2D eigenvalue weighted by Crippen LogP contribution is -2.66. The van der Waals surface area contributed by atoms with Crippen LogP contribution in [0.4, 0.5) is 0 Å². The van der Waals surface area contributed by atoms with Crippen molar-refractivity contribution in [3.63, 3.8) is 0 Å². The number of hydrogen-bond donors (Lipinski definition) is 0. The van der Waals surface area contributed by atoms with Gasteiger partial charge in [0.25, 0.3) is 8.32 Å². The van der Waals surface area contributed by atoms with Gasteiger partial charge >= 0.3 is 0 Å². The van der Waals surface area contributed by atoms with Crippen molar-refractivity contribution in [2.24, 2.45) is 23.2 Å². The van der Waals surface area contributed by atoms with Gasteiger partial charge in [-0.15, -0.1) is 0 Å². The molecule has 0 radical (unpaired) electrons. The fraction of sp³-hybridized carbons (Fsp3) is 0.516. The molecular formula is C31H42O2Si. The van der Waals surface area contributed by atoms with E-state index in [0.717, 1.165) is 0 Å². The predicted octanol–water partition coefficient (Wildman–Crippen LogP) is 6.54. The molecular weight excluding hydrogens is 432 g/mol. The van der Waals surface area contributed by atoms with Gasteiger partial charge in [0.05, 0.1) is 6.61 Å². The Morgan fingerprint density at radius 1 is 1.00 bits per heavy atom. The van der Waals surface area contributed by atoms with Crippen LogP contribution in [0.5, 0.6) is 0 Å². The second kappa shape index (κ2) is 9.58. The first-order valence-corrected chi connectivity index (χ1v) is 15.0. The molecule has 2 aromatic carbocycles. The number of carbonyl (C=O) groups is 1. The molecule has 4 rings (SSSR count). The van der Waals surface area contributed by atoms with Gasteiger partial charge in [-0.3, -0.25) is 4.79 Å². The van der Waals surface area contributed by atoms with Gasteiger partial charge in [-0.25, -0.2) is 0 Å². The Labute approximate surface area is 208 Å². The van der Waals surface area contributed by atoms with E-state index in [-0.39, 0.29) is 22.3 Å². The van der Waals surface area contributed by atoms with Crippen LogP contribution < -0.4 is 10.4 Å². The molecule has 34 heavy (non-hydrogen) atoms. The van der Waals surface area contributed by atoms with Crippen molar-refractivity contribution in [2.75, 3.05) is 6.61 Å². The van der Waals surface area contributed by atoms with Gasteiger partial charge < -0.3 is 4.43 Å². The van der Waals surface area contributed by atoms with E-state index in [4.69, 9.17) is 4.43 Å². The molecule has 0 bridgehead atoms. The molecule has 0 spiro atoms. The highest BCUT2D eigenvalue weighted by atomic mass is 28.4. The number of carbonyl (C=O) groups excluding carboxylic acids is 1. The Morgan fingerprint density at radius 3 is 2.06 bits per heavy atom. The summed E-state index contributed by atoms with van der Waals surface area (Å²) in [4.78, 5) is 12.9. The third-order valence-electron chi connectivity index (χ3n) is 8.74. The van der Waals surface area contributed by atoms with E-state index in [1.54, 1.807) is 0 Å². The number of fused-ring (bicyclic) bond motifs is 1. The second-order valence-corrected chi connectivity index (χ2v) is 16.3. The molecule has 1 saturated carbocycles. The van der Waals surface area contributed by atoms with Crippen molar-refractivity contribution in [3.05, 3.63) is 72.3 Å². The molecule has 2 aliphatic carbocycles. The maximum Gasteiger partial charge on any atom is 0.261 e. The molecule has 2 nitrogen and oxygen atoms in total. The summed E-state index contributed by atoms with van der Waals surface area (Å²) in [7, 11) is -2.61. The quantitative estimate of drug-likeness (QED) is 0.351. The van der Waals surface area contributed by atoms with Crippen molar-refractivity contribution in [1.29, 1.82) is 0 Å². The molecule has 3 heteroatoms. The molecule has 0 saturated heterocycles. The Morgan fingerprint density at radius 2 is 1.56 bits per heavy atom. The summed E-state index contributed by atoms with van der Waals surface area (Å²) in [6.45, 7) is 14.0. The van der Waals surface area contributed by atoms with E-state index < -0.39 is 8.32 Å². The molecule has 0 heterocycles. The summed E-state index contributed by atoms with van der Waals surface area (Å²) >= 11 is 0. The molecule has 182 valence electrons. The van der Waals surface area contributed by atoms with Crippen LogP contribution in [0.2, 0.25) is 5.04 Å². The van der Waals surface area contributed by atoms with Gasteiger partial charge in [0.1, 0.15) is 5.78 Å². The lowest BCUT2D eigenvalue weighted by atomic mass is 9.55. The average Bonchev–Trinajstić information content (AvgIpc) is 2.80. The zero-order valence-electron chi connectivity index (χ0n) is 21.9. The van der Waals surface area contributed by atoms with Crippen molar-refractivity contribution >= 4 is 24.5 Å². The third kappa shape index (κ3) is 4.38.